The van der Waals surface area contributed by atoms with Gasteiger partial charge in [0, 0.05) is 20.9 Å². The summed E-state index contributed by atoms with van der Waals surface area (Å²) in [5.41, 5.74) is 6.40. The predicted octanol–water partition coefficient (Wildman–Crippen LogP) is 6.26. The van der Waals surface area contributed by atoms with Crippen LogP contribution in [0.25, 0.3) is 0 Å². The minimum atomic E-state index is -1.10. The molecule has 0 bridgehead atoms. The van der Waals surface area contributed by atoms with Crippen molar-refractivity contribution in [1.82, 2.24) is 10.6 Å². The van der Waals surface area contributed by atoms with Gasteiger partial charge in [0.25, 0.3) is 5.91 Å². The highest BCUT2D eigenvalue weighted by molar-refractivity contribution is 9.10. The Labute approximate surface area is 270 Å². The molecule has 4 amide bonds. The summed E-state index contributed by atoms with van der Waals surface area (Å²) in [6, 6.07) is 30.1. The lowest BCUT2D eigenvalue weighted by Crippen LogP contribution is -2.48. The van der Waals surface area contributed by atoms with Crippen molar-refractivity contribution in [2.45, 2.75) is 30.6 Å². The number of primary amides is 1. The molecule has 3 unspecified atom stereocenters. The van der Waals surface area contributed by atoms with Gasteiger partial charge < -0.3 is 20.5 Å². The number of hydrogen-bond donors (Lipinski definition) is 3. The van der Waals surface area contributed by atoms with Crippen LogP contribution in [-0.4, -0.2) is 24.1 Å². The first-order valence-electron chi connectivity index (χ1n) is 13.6. The van der Waals surface area contributed by atoms with E-state index in [-0.39, 0.29) is 30.3 Å². The fourth-order valence-corrected chi connectivity index (χ4v) is 6.07. The number of amides is 4. The van der Waals surface area contributed by atoms with E-state index in [1.54, 1.807) is 0 Å². The molecule has 9 nitrogen and oxygen atoms in total. The van der Waals surface area contributed by atoms with Gasteiger partial charge >= 0.3 is 6.03 Å². The zero-order chi connectivity index (χ0) is 31.3. The van der Waals surface area contributed by atoms with Crippen molar-refractivity contribution in [2.24, 2.45) is 5.73 Å². The average molecular weight is 721 g/mol. The molecule has 0 saturated carbocycles. The van der Waals surface area contributed by atoms with Gasteiger partial charge in [-0.05, 0) is 47.5 Å². The minimum absolute atomic E-state index is 0.131. The second-order valence-electron chi connectivity index (χ2n) is 10.1. The summed E-state index contributed by atoms with van der Waals surface area (Å²) in [4.78, 5) is 45.0. The fourth-order valence-electron chi connectivity index (χ4n) is 5.35. The van der Waals surface area contributed by atoms with Crippen LogP contribution in [-0.2, 0) is 15.1 Å². The number of imide groups is 1. The molecule has 4 N–H and O–H groups in total. The van der Waals surface area contributed by atoms with Crippen molar-refractivity contribution in [2.75, 3.05) is 0 Å². The number of hydrogen-bond acceptors (Lipinski definition) is 6. The predicted molar refractivity (Wildman–Crippen MR) is 170 cm³/mol. The van der Waals surface area contributed by atoms with Crippen molar-refractivity contribution >= 4 is 56.0 Å². The third kappa shape index (κ3) is 6.53. The van der Waals surface area contributed by atoms with Crippen molar-refractivity contribution in [3.8, 4) is 11.5 Å². The summed E-state index contributed by atoms with van der Waals surface area (Å²) in [6.07, 6.45) is 0.507. The lowest BCUT2D eigenvalue weighted by atomic mass is 9.80. The maximum atomic E-state index is 12.5. The Balaban J connectivity index is 0.000000164. The van der Waals surface area contributed by atoms with E-state index >= 15 is 0 Å². The number of ketones is 1. The first kappa shape index (κ1) is 31.0. The van der Waals surface area contributed by atoms with Crippen molar-refractivity contribution < 1.29 is 28.7 Å². The van der Waals surface area contributed by atoms with Crippen LogP contribution in [0.15, 0.2) is 106 Å². The van der Waals surface area contributed by atoms with Crippen LogP contribution in [0.3, 0.4) is 0 Å². The van der Waals surface area contributed by atoms with E-state index in [4.69, 9.17) is 14.3 Å². The number of benzene rings is 4. The molecule has 4 aromatic rings. The zero-order valence-electron chi connectivity index (χ0n) is 23.2. The molecule has 0 radical (unpaired) electrons. The summed E-state index contributed by atoms with van der Waals surface area (Å²) in [6.45, 7) is 0. The molecule has 0 aromatic heterocycles. The maximum Gasteiger partial charge on any atom is 0.322 e. The molecular weight excluding hydrogens is 694 g/mol. The third-order valence-corrected chi connectivity index (χ3v) is 8.32. The Bertz CT molecular complexity index is 1700. The van der Waals surface area contributed by atoms with Crippen LogP contribution < -0.4 is 25.8 Å². The summed E-state index contributed by atoms with van der Waals surface area (Å²) in [5, 5.41) is 5.15. The highest BCUT2D eigenvalue weighted by Crippen LogP contribution is 2.46. The third-order valence-electron chi connectivity index (χ3n) is 7.33. The number of nitrogens with two attached hydrogens (primary N) is 1. The van der Waals surface area contributed by atoms with E-state index < -0.39 is 11.6 Å². The smallest absolute Gasteiger partial charge is 0.322 e. The van der Waals surface area contributed by atoms with Crippen LogP contribution >= 0.6 is 31.9 Å². The molecule has 1 saturated heterocycles. The highest BCUT2D eigenvalue weighted by Gasteiger charge is 2.53. The molecule has 11 heteroatoms. The van der Waals surface area contributed by atoms with Gasteiger partial charge in [0.05, 0.1) is 12.0 Å². The molecule has 1 spiro atoms. The fraction of sp³-hybridized carbons (Fsp3) is 0.152. The number of ether oxygens (including phenoxy) is 2. The Morgan fingerprint density at radius 1 is 0.773 bits per heavy atom. The molecule has 3 aliphatic heterocycles. The molecule has 44 heavy (non-hydrogen) atoms. The Morgan fingerprint density at radius 3 is 1.91 bits per heavy atom. The topological polar surface area (TPSA) is 137 Å². The summed E-state index contributed by atoms with van der Waals surface area (Å²) in [7, 11) is 0. The Morgan fingerprint density at radius 2 is 1.32 bits per heavy atom. The van der Waals surface area contributed by atoms with Gasteiger partial charge in [-0.3, -0.25) is 19.7 Å². The SMILES string of the molecule is NC=O.O=C1CC(c2ccccc2)Oc2ccc(Br)cc21.O=C1NC(=O)C2(CC(c3ccccc3)Oc3ccc(Br)cc32)N1. The maximum absolute atomic E-state index is 12.5. The zero-order valence-corrected chi connectivity index (χ0v) is 26.3. The monoisotopic (exact) mass is 719 g/mol. The summed E-state index contributed by atoms with van der Waals surface area (Å²) >= 11 is 6.79. The second kappa shape index (κ2) is 13.4. The van der Waals surface area contributed by atoms with E-state index in [0.717, 1.165) is 20.1 Å². The number of carbonyl (C=O) groups is 4. The quantitative estimate of drug-likeness (QED) is 0.165. The molecule has 3 aliphatic rings. The first-order valence-corrected chi connectivity index (χ1v) is 15.2. The Kier molecular flexibility index (Phi) is 9.46. The first-order chi connectivity index (χ1) is 21.2. The minimum Gasteiger partial charge on any atom is -0.485 e. The van der Waals surface area contributed by atoms with Gasteiger partial charge in [0.15, 0.2) is 11.3 Å². The molecule has 7 rings (SSSR count). The van der Waals surface area contributed by atoms with E-state index in [2.05, 4.69) is 48.2 Å². The van der Waals surface area contributed by atoms with Gasteiger partial charge in [-0.2, -0.15) is 0 Å². The lowest BCUT2D eigenvalue weighted by Gasteiger charge is -2.37. The van der Waals surface area contributed by atoms with Gasteiger partial charge in [-0.15, -0.1) is 0 Å². The van der Waals surface area contributed by atoms with E-state index in [1.165, 1.54) is 0 Å². The van der Waals surface area contributed by atoms with Gasteiger partial charge in [0.1, 0.15) is 23.7 Å². The lowest BCUT2D eigenvalue weighted by molar-refractivity contribution is -0.126. The molecule has 1 fully saturated rings. The normalized spacial score (nSPS) is 21.0. The number of rotatable bonds is 2. The van der Waals surface area contributed by atoms with E-state index in [9.17, 15) is 14.4 Å². The van der Waals surface area contributed by atoms with E-state index in [0.29, 0.717) is 35.5 Å². The molecule has 3 atom stereocenters. The standard InChI is InChI=1S/C17H13BrN2O3.C15H11BrO2.CH3NO/c18-11-6-7-13-12(8-11)17(15(21)19-16(22)20-17)9-14(23-13)10-4-2-1-3-5-10;16-11-6-7-14-12(8-11)13(17)9-15(18-14)10-4-2-1-3-5-10;2-1-3/h1-8,14H,9H2,(H2,19,20,21,22);1-8,15H,9H2;1H,(H2,2,3). The van der Waals surface area contributed by atoms with Crippen molar-refractivity contribution in [3.63, 3.8) is 0 Å². The van der Waals surface area contributed by atoms with Gasteiger partial charge in [-0.1, -0.05) is 92.5 Å². The molecule has 3 heterocycles. The highest BCUT2D eigenvalue weighted by atomic mass is 79.9. The number of nitrogens with one attached hydrogen (secondary N) is 2. The van der Waals surface area contributed by atoms with Crippen LogP contribution in [0.5, 0.6) is 11.5 Å². The summed E-state index contributed by atoms with van der Waals surface area (Å²) < 4.78 is 13.7. The largest absolute Gasteiger partial charge is 0.485 e. The molecule has 0 aliphatic carbocycles. The van der Waals surface area contributed by atoms with Crippen LogP contribution in [0, 0.1) is 0 Å². The van der Waals surface area contributed by atoms with Crippen molar-refractivity contribution in [3.05, 3.63) is 128 Å². The van der Waals surface area contributed by atoms with Crippen molar-refractivity contribution in [1.29, 1.82) is 0 Å². The van der Waals surface area contributed by atoms with Crippen LogP contribution in [0.4, 0.5) is 4.79 Å². The van der Waals surface area contributed by atoms with E-state index in [1.807, 2.05) is 97.1 Å². The van der Waals surface area contributed by atoms with Crippen LogP contribution in [0.2, 0.25) is 0 Å². The second-order valence-corrected chi connectivity index (χ2v) is 11.9. The Hall–Kier alpha value is -4.48. The van der Waals surface area contributed by atoms with Gasteiger partial charge in [0.2, 0.25) is 6.41 Å². The summed E-state index contributed by atoms with van der Waals surface area (Å²) in [5.74, 6) is 1.06. The molecule has 224 valence electrons. The molecule has 4 aromatic carbocycles. The number of fused-ring (bicyclic) bond motifs is 3. The number of Topliss-reactive ketones (excluding diaryl/α,β-unsaturated/α-hetero) is 1. The number of carbonyl (C=O) groups excluding carboxylic acids is 4. The number of halogens is 2. The number of urea groups is 1. The molecular formula is C33H27Br2N3O6. The average Bonchev–Trinajstić information content (AvgIpc) is 3.31. The van der Waals surface area contributed by atoms with Crippen LogP contribution in [0.1, 0.15) is 52.1 Å². The van der Waals surface area contributed by atoms with Gasteiger partial charge in [-0.25, -0.2) is 4.79 Å².